The van der Waals surface area contributed by atoms with Crippen LogP contribution in [-0.4, -0.2) is 28.4 Å². The van der Waals surface area contributed by atoms with Crippen LogP contribution in [0, 0.1) is 0 Å². The number of phenols is 3. The molecule has 0 radical (unpaired) electrons. The van der Waals surface area contributed by atoms with Gasteiger partial charge in [-0.05, 0) is 12.1 Å². The topological polar surface area (TPSA) is 130 Å². The number of phenolic OH excluding ortho intramolecular Hbond substituents is 3. The number of carbonyl (C=O) groups is 1. The SMILES string of the molecule is COC(=O)C[C@@H](c1ccco1)c1c(O)c(O)c(O)c2c(=O)cc(-c3ccccc3)oc12. The summed E-state index contributed by atoms with van der Waals surface area (Å²) in [7, 11) is 1.21. The number of furan rings is 1. The smallest absolute Gasteiger partial charge is 0.306 e. The zero-order valence-corrected chi connectivity index (χ0v) is 16.4. The number of ether oxygens (including phenoxy) is 1. The summed E-state index contributed by atoms with van der Waals surface area (Å²) < 4.78 is 16.1. The Morgan fingerprint density at radius 3 is 2.42 bits per heavy atom. The molecule has 158 valence electrons. The molecule has 1 atom stereocenters. The van der Waals surface area contributed by atoms with Crippen LogP contribution in [0.1, 0.15) is 23.7 Å². The average Bonchev–Trinajstić information content (AvgIpc) is 3.31. The molecule has 2 aromatic carbocycles. The van der Waals surface area contributed by atoms with E-state index in [1.165, 1.54) is 19.4 Å². The lowest BCUT2D eigenvalue weighted by molar-refractivity contribution is -0.140. The summed E-state index contributed by atoms with van der Waals surface area (Å²) in [6.45, 7) is 0. The number of hydrogen-bond acceptors (Lipinski definition) is 8. The maximum atomic E-state index is 12.9. The van der Waals surface area contributed by atoms with E-state index >= 15 is 0 Å². The summed E-state index contributed by atoms with van der Waals surface area (Å²) in [6, 6.07) is 13.1. The molecule has 4 rings (SSSR count). The Morgan fingerprint density at radius 1 is 1.03 bits per heavy atom. The second-order valence-corrected chi connectivity index (χ2v) is 6.85. The summed E-state index contributed by atoms with van der Waals surface area (Å²) >= 11 is 0. The Labute approximate surface area is 175 Å². The van der Waals surface area contributed by atoms with Crippen LogP contribution in [0.5, 0.6) is 17.2 Å². The van der Waals surface area contributed by atoms with E-state index in [1.54, 1.807) is 42.5 Å². The molecule has 3 N–H and O–H groups in total. The third kappa shape index (κ3) is 3.48. The molecule has 0 unspecified atom stereocenters. The monoisotopic (exact) mass is 422 g/mol. The van der Waals surface area contributed by atoms with Crippen LogP contribution in [0.3, 0.4) is 0 Å². The molecule has 0 aliphatic carbocycles. The molecule has 0 bridgehead atoms. The van der Waals surface area contributed by atoms with Gasteiger partial charge in [-0.25, -0.2) is 0 Å². The standard InChI is InChI=1S/C23H18O8/c1-29-17(25)10-13(15-8-5-9-30-15)18-20(26)22(28)21(27)19-14(24)11-16(31-23(18)19)12-6-3-2-4-7-12/h2-9,11,13,26-28H,10H2,1H3/t13-/m0/s1. The molecule has 0 fully saturated rings. The number of esters is 1. The van der Waals surface area contributed by atoms with Gasteiger partial charge in [-0.1, -0.05) is 30.3 Å². The van der Waals surface area contributed by atoms with Gasteiger partial charge in [0, 0.05) is 11.6 Å². The maximum absolute atomic E-state index is 12.9. The minimum atomic E-state index is -0.967. The molecule has 2 aromatic heterocycles. The molecule has 0 amide bonds. The fraction of sp³-hybridized carbons (Fsp3) is 0.130. The summed E-state index contributed by atoms with van der Waals surface area (Å²) in [6.07, 6.45) is 1.10. The largest absolute Gasteiger partial charge is 0.504 e. The van der Waals surface area contributed by atoms with Crippen molar-refractivity contribution < 1.29 is 33.7 Å². The van der Waals surface area contributed by atoms with Gasteiger partial charge >= 0.3 is 5.97 Å². The minimum absolute atomic E-state index is 0.0828. The van der Waals surface area contributed by atoms with Crippen molar-refractivity contribution in [2.45, 2.75) is 12.3 Å². The average molecular weight is 422 g/mol. The van der Waals surface area contributed by atoms with Crippen LogP contribution in [0.2, 0.25) is 0 Å². The van der Waals surface area contributed by atoms with Crippen molar-refractivity contribution in [2.75, 3.05) is 7.11 Å². The van der Waals surface area contributed by atoms with Crippen molar-refractivity contribution in [3.05, 3.63) is 76.3 Å². The molecule has 2 heterocycles. The first kappa shape index (κ1) is 20.1. The highest BCUT2D eigenvalue weighted by molar-refractivity contribution is 5.93. The lowest BCUT2D eigenvalue weighted by Crippen LogP contribution is -2.12. The Hall–Kier alpha value is -4.20. The van der Waals surface area contributed by atoms with Gasteiger partial charge in [0.25, 0.3) is 0 Å². The number of methoxy groups -OCH3 is 1. The predicted molar refractivity (Wildman–Crippen MR) is 110 cm³/mol. The number of fused-ring (bicyclic) bond motifs is 1. The molecular formula is C23H18O8. The molecule has 8 heteroatoms. The van der Waals surface area contributed by atoms with Crippen molar-refractivity contribution in [1.29, 1.82) is 0 Å². The molecule has 0 aliphatic heterocycles. The molecule has 31 heavy (non-hydrogen) atoms. The van der Waals surface area contributed by atoms with E-state index in [4.69, 9.17) is 13.6 Å². The fourth-order valence-electron chi connectivity index (χ4n) is 3.53. The molecule has 0 saturated carbocycles. The molecule has 0 aliphatic rings. The number of benzene rings is 2. The van der Waals surface area contributed by atoms with Gasteiger partial charge in [0.2, 0.25) is 5.75 Å². The number of rotatable bonds is 5. The normalized spacial score (nSPS) is 12.0. The van der Waals surface area contributed by atoms with Crippen LogP contribution in [0.15, 0.2) is 68.4 Å². The lowest BCUT2D eigenvalue weighted by atomic mass is 9.90. The van der Waals surface area contributed by atoms with Crippen molar-refractivity contribution in [3.8, 4) is 28.6 Å². The van der Waals surface area contributed by atoms with E-state index < -0.39 is 34.6 Å². The van der Waals surface area contributed by atoms with Gasteiger partial charge in [-0.3, -0.25) is 9.59 Å². The molecule has 0 saturated heterocycles. The van der Waals surface area contributed by atoms with Crippen LogP contribution in [-0.2, 0) is 9.53 Å². The summed E-state index contributed by atoms with van der Waals surface area (Å²) in [5.74, 6) is -3.60. The van der Waals surface area contributed by atoms with Crippen LogP contribution in [0.25, 0.3) is 22.3 Å². The quantitative estimate of drug-likeness (QED) is 0.326. The minimum Gasteiger partial charge on any atom is -0.504 e. The van der Waals surface area contributed by atoms with E-state index in [0.29, 0.717) is 5.56 Å². The first-order chi connectivity index (χ1) is 14.9. The molecule has 4 aromatic rings. The first-order valence-electron chi connectivity index (χ1n) is 9.32. The Balaban J connectivity index is 2.08. The number of carbonyl (C=O) groups excluding carboxylic acids is 1. The second kappa shape index (κ2) is 7.91. The van der Waals surface area contributed by atoms with Crippen LogP contribution in [0.4, 0.5) is 0 Å². The van der Waals surface area contributed by atoms with Crippen LogP contribution < -0.4 is 5.43 Å². The first-order valence-corrected chi connectivity index (χ1v) is 9.32. The third-order valence-electron chi connectivity index (χ3n) is 5.02. The maximum Gasteiger partial charge on any atom is 0.306 e. The Morgan fingerprint density at radius 2 is 1.77 bits per heavy atom. The predicted octanol–water partition coefficient (Wildman–Crippen LogP) is 3.86. The fourth-order valence-corrected chi connectivity index (χ4v) is 3.53. The van der Waals surface area contributed by atoms with Crippen molar-refractivity contribution >= 4 is 16.9 Å². The number of hydrogen-bond donors (Lipinski definition) is 3. The second-order valence-electron chi connectivity index (χ2n) is 6.85. The summed E-state index contributed by atoms with van der Waals surface area (Å²) in [5.41, 5.74) is -0.308. The number of aromatic hydroxyl groups is 3. The van der Waals surface area contributed by atoms with Crippen molar-refractivity contribution in [2.24, 2.45) is 0 Å². The van der Waals surface area contributed by atoms with E-state index in [1.807, 2.05) is 0 Å². The van der Waals surface area contributed by atoms with Gasteiger partial charge in [-0.2, -0.15) is 0 Å². The van der Waals surface area contributed by atoms with Gasteiger partial charge in [0.15, 0.2) is 16.9 Å². The summed E-state index contributed by atoms with van der Waals surface area (Å²) in [5, 5.41) is 31.1. The van der Waals surface area contributed by atoms with Gasteiger partial charge in [0.05, 0.1) is 31.3 Å². The molecule has 0 spiro atoms. The van der Waals surface area contributed by atoms with E-state index in [2.05, 4.69) is 0 Å². The zero-order chi connectivity index (χ0) is 22.1. The van der Waals surface area contributed by atoms with E-state index in [-0.39, 0.29) is 34.5 Å². The van der Waals surface area contributed by atoms with Gasteiger partial charge in [0.1, 0.15) is 22.5 Å². The highest BCUT2D eigenvalue weighted by Gasteiger charge is 2.32. The lowest BCUT2D eigenvalue weighted by Gasteiger charge is -2.19. The highest BCUT2D eigenvalue weighted by Crippen LogP contribution is 2.49. The van der Waals surface area contributed by atoms with Crippen molar-refractivity contribution in [1.82, 2.24) is 0 Å². The van der Waals surface area contributed by atoms with Crippen LogP contribution >= 0.6 is 0 Å². The summed E-state index contributed by atoms with van der Waals surface area (Å²) in [4.78, 5) is 25.0. The zero-order valence-electron chi connectivity index (χ0n) is 16.4. The van der Waals surface area contributed by atoms with E-state index in [9.17, 15) is 24.9 Å². The Bertz CT molecular complexity index is 1300. The highest BCUT2D eigenvalue weighted by atomic mass is 16.5. The Kier molecular flexibility index (Phi) is 5.12. The van der Waals surface area contributed by atoms with E-state index in [0.717, 1.165) is 0 Å². The van der Waals surface area contributed by atoms with Gasteiger partial charge < -0.3 is 28.9 Å². The molecular weight excluding hydrogens is 404 g/mol. The van der Waals surface area contributed by atoms with Gasteiger partial charge in [-0.15, -0.1) is 0 Å². The third-order valence-corrected chi connectivity index (χ3v) is 5.02. The van der Waals surface area contributed by atoms with Crippen molar-refractivity contribution in [3.63, 3.8) is 0 Å². The molecule has 8 nitrogen and oxygen atoms in total.